The molecule has 0 aromatic heterocycles. The molecule has 1 aliphatic rings. The van der Waals surface area contributed by atoms with Crippen molar-refractivity contribution in [3.05, 3.63) is 23.8 Å². The second-order valence-corrected chi connectivity index (χ2v) is 5.83. The molecule has 5 N–H and O–H groups in total. The maximum atomic E-state index is 11.5. The van der Waals surface area contributed by atoms with Gasteiger partial charge >= 0.3 is 0 Å². The Morgan fingerprint density at radius 1 is 1.50 bits per heavy atom. The topological polar surface area (TPSA) is 90.4 Å². The van der Waals surface area contributed by atoms with E-state index in [2.05, 4.69) is 19.2 Å². The summed E-state index contributed by atoms with van der Waals surface area (Å²) < 4.78 is 5.71. The third-order valence-electron chi connectivity index (χ3n) is 4.23. The number of nitrogens with one attached hydrogen (secondary N) is 1. The molecule has 0 bridgehead atoms. The smallest absolute Gasteiger partial charge is 0.250 e. The summed E-state index contributed by atoms with van der Waals surface area (Å²) in [5.74, 6) is -0.474. The first kappa shape index (κ1) is 14.7. The van der Waals surface area contributed by atoms with Crippen molar-refractivity contribution in [2.75, 3.05) is 17.7 Å². The van der Waals surface area contributed by atoms with Gasteiger partial charge in [-0.2, -0.15) is 0 Å². The van der Waals surface area contributed by atoms with Crippen LogP contribution in [0, 0.1) is 5.41 Å². The van der Waals surface area contributed by atoms with E-state index in [4.69, 9.17) is 16.2 Å². The lowest BCUT2D eigenvalue weighted by molar-refractivity contribution is -0.0975. The summed E-state index contributed by atoms with van der Waals surface area (Å²) in [6.45, 7) is 7.01. The Morgan fingerprint density at radius 3 is 2.75 bits per heavy atom. The standard InChI is InChI=1S/C15H23N3O2/c1-4-20-12-8-11(15(12,2)3)18-13-9(14(17)19)6-5-7-10(13)16/h5-7,11-12,18H,4,8,16H2,1-3H3,(H2,17,19). The van der Waals surface area contributed by atoms with Crippen LogP contribution in [0.5, 0.6) is 0 Å². The molecule has 0 aliphatic heterocycles. The number of primary amides is 1. The molecule has 0 saturated heterocycles. The van der Waals surface area contributed by atoms with E-state index in [9.17, 15) is 4.79 Å². The number of amides is 1. The van der Waals surface area contributed by atoms with Crippen molar-refractivity contribution in [2.24, 2.45) is 11.1 Å². The van der Waals surface area contributed by atoms with Crippen molar-refractivity contribution in [3.63, 3.8) is 0 Å². The van der Waals surface area contributed by atoms with Crippen LogP contribution in [0.15, 0.2) is 18.2 Å². The summed E-state index contributed by atoms with van der Waals surface area (Å²) >= 11 is 0. The Balaban J connectivity index is 2.18. The van der Waals surface area contributed by atoms with E-state index in [1.54, 1.807) is 18.2 Å². The van der Waals surface area contributed by atoms with Crippen LogP contribution in [-0.4, -0.2) is 24.7 Å². The monoisotopic (exact) mass is 277 g/mol. The third-order valence-corrected chi connectivity index (χ3v) is 4.23. The number of anilines is 2. The van der Waals surface area contributed by atoms with Crippen molar-refractivity contribution in [2.45, 2.75) is 39.3 Å². The van der Waals surface area contributed by atoms with Gasteiger partial charge in [0.05, 0.1) is 23.0 Å². The zero-order valence-corrected chi connectivity index (χ0v) is 12.3. The molecule has 5 nitrogen and oxygen atoms in total. The molecule has 1 aromatic rings. The largest absolute Gasteiger partial charge is 0.397 e. The number of nitrogens with two attached hydrogens (primary N) is 2. The molecule has 0 heterocycles. The van der Waals surface area contributed by atoms with E-state index in [-0.39, 0.29) is 17.6 Å². The fourth-order valence-corrected chi connectivity index (χ4v) is 2.73. The zero-order chi connectivity index (χ0) is 14.9. The van der Waals surface area contributed by atoms with Crippen molar-refractivity contribution in [1.82, 2.24) is 0 Å². The first-order valence-electron chi connectivity index (χ1n) is 6.94. The molecular weight excluding hydrogens is 254 g/mol. The minimum atomic E-state index is -0.474. The molecule has 1 amide bonds. The lowest BCUT2D eigenvalue weighted by atomic mass is 9.64. The highest BCUT2D eigenvalue weighted by atomic mass is 16.5. The predicted octanol–water partition coefficient (Wildman–Crippen LogP) is 1.98. The molecule has 1 saturated carbocycles. The summed E-state index contributed by atoms with van der Waals surface area (Å²) in [7, 11) is 0. The molecule has 110 valence electrons. The molecular formula is C15H23N3O2. The lowest BCUT2D eigenvalue weighted by Crippen LogP contribution is -2.58. The van der Waals surface area contributed by atoms with E-state index in [0.29, 0.717) is 23.5 Å². The van der Waals surface area contributed by atoms with E-state index >= 15 is 0 Å². The number of carbonyl (C=O) groups is 1. The number of carbonyl (C=O) groups excluding carboxylic acids is 1. The van der Waals surface area contributed by atoms with Gasteiger partial charge in [-0.15, -0.1) is 0 Å². The van der Waals surface area contributed by atoms with Crippen LogP contribution in [0.3, 0.4) is 0 Å². The first-order valence-corrected chi connectivity index (χ1v) is 6.94. The SMILES string of the molecule is CCOC1CC(Nc2c(N)cccc2C(N)=O)C1(C)C. The highest BCUT2D eigenvalue weighted by Crippen LogP contribution is 2.45. The molecule has 2 unspecified atom stereocenters. The van der Waals surface area contributed by atoms with Gasteiger partial charge in [0.15, 0.2) is 0 Å². The van der Waals surface area contributed by atoms with Gasteiger partial charge in [0.2, 0.25) is 0 Å². The van der Waals surface area contributed by atoms with Crippen LogP contribution in [-0.2, 0) is 4.74 Å². The minimum Gasteiger partial charge on any atom is -0.397 e. The van der Waals surface area contributed by atoms with Gasteiger partial charge in [0.1, 0.15) is 0 Å². The molecule has 2 atom stereocenters. The summed E-state index contributed by atoms with van der Waals surface area (Å²) in [4.78, 5) is 11.5. The Labute approximate surface area is 119 Å². The molecule has 1 aromatic carbocycles. The van der Waals surface area contributed by atoms with Crippen LogP contribution >= 0.6 is 0 Å². The van der Waals surface area contributed by atoms with Crippen molar-refractivity contribution >= 4 is 17.3 Å². The quantitative estimate of drug-likeness (QED) is 0.718. The van der Waals surface area contributed by atoms with Gasteiger partial charge in [-0.05, 0) is 25.5 Å². The summed E-state index contributed by atoms with van der Waals surface area (Å²) in [5.41, 5.74) is 13.0. The minimum absolute atomic E-state index is 0.00674. The average molecular weight is 277 g/mol. The molecule has 0 spiro atoms. The highest BCUT2D eigenvalue weighted by molar-refractivity contribution is 6.01. The highest BCUT2D eigenvalue weighted by Gasteiger charge is 2.49. The number of rotatable bonds is 5. The number of hydrogen-bond acceptors (Lipinski definition) is 4. The molecule has 20 heavy (non-hydrogen) atoms. The number of ether oxygens (including phenoxy) is 1. The van der Waals surface area contributed by atoms with E-state index in [1.807, 2.05) is 6.92 Å². The van der Waals surface area contributed by atoms with Gasteiger partial charge in [-0.1, -0.05) is 19.9 Å². The van der Waals surface area contributed by atoms with Crippen LogP contribution in [0.4, 0.5) is 11.4 Å². The van der Waals surface area contributed by atoms with Gasteiger partial charge in [0.25, 0.3) is 5.91 Å². The van der Waals surface area contributed by atoms with Crippen LogP contribution in [0.25, 0.3) is 0 Å². The van der Waals surface area contributed by atoms with E-state index < -0.39 is 5.91 Å². The molecule has 1 aliphatic carbocycles. The predicted molar refractivity (Wildman–Crippen MR) is 80.6 cm³/mol. The average Bonchev–Trinajstić information content (AvgIpc) is 2.39. The number of para-hydroxylation sites is 1. The fourth-order valence-electron chi connectivity index (χ4n) is 2.73. The van der Waals surface area contributed by atoms with Gasteiger partial charge in [0, 0.05) is 18.1 Å². The second-order valence-electron chi connectivity index (χ2n) is 5.83. The summed E-state index contributed by atoms with van der Waals surface area (Å²) in [6, 6.07) is 5.39. The first-order chi connectivity index (χ1) is 9.37. The normalized spacial score (nSPS) is 23.9. The van der Waals surface area contributed by atoms with Crippen molar-refractivity contribution in [1.29, 1.82) is 0 Å². The van der Waals surface area contributed by atoms with E-state index in [0.717, 1.165) is 6.42 Å². The van der Waals surface area contributed by atoms with Crippen molar-refractivity contribution < 1.29 is 9.53 Å². The maximum absolute atomic E-state index is 11.5. The maximum Gasteiger partial charge on any atom is 0.250 e. The molecule has 2 rings (SSSR count). The number of hydrogen-bond donors (Lipinski definition) is 3. The third kappa shape index (κ3) is 2.45. The Kier molecular flexibility index (Phi) is 3.90. The van der Waals surface area contributed by atoms with Crippen molar-refractivity contribution in [3.8, 4) is 0 Å². The van der Waals surface area contributed by atoms with Gasteiger partial charge in [-0.25, -0.2) is 0 Å². The summed E-state index contributed by atoms with van der Waals surface area (Å²) in [6.07, 6.45) is 1.12. The Hall–Kier alpha value is -1.75. The van der Waals surface area contributed by atoms with Crippen LogP contribution in [0.1, 0.15) is 37.6 Å². The second kappa shape index (κ2) is 5.32. The lowest BCUT2D eigenvalue weighted by Gasteiger charge is -2.52. The fraction of sp³-hybridized carbons (Fsp3) is 0.533. The number of benzene rings is 1. The Bertz CT molecular complexity index is 514. The molecule has 1 fully saturated rings. The number of nitrogen functional groups attached to an aromatic ring is 1. The van der Waals surface area contributed by atoms with Gasteiger partial charge in [-0.3, -0.25) is 4.79 Å². The summed E-state index contributed by atoms with van der Waals surface area (Å²) in [5, 5.41) is 3.37. The van der Waals surface area contributed by atoms with E-state index in [1.165, 1.54) is 0 Å². The zero-order valence-electron chi connectivity index (χ0n) is 12.3. The van der Waals surface area contributed by atoms with Gasteiger partial charge < -0.3 is 21.5 Å². The van der Waals surface area contributed by atoms with Crippen LogP contribution < -0.4 is 16.8 Å². The molecule has 0 radical (unpaired) electrons. The Morgan fingerprint density at radius 2 is 2.20 bits per heavy atom. The molecule has 5 heteroatoms. The van der Waals surface area contributed by atoms with Crippen LogP contribution in [0.2, 0.25) is 0 Å².